The molecule has 3 aromatic rings. The number of carbonyl (C=O) groups is 2. The minimum absolute atomic E-state index is 0.160. The predicted molar refractivity (Wildman–Crippen MR) is 104 cm³/mol. The van der Waals surface area contributed by atoms with Crippen LogP contribution in [0.2, 0.25) is 0 Å². The van der Waals surface area contributed by atoms with Crippen LogP contribution in [0.4, 0.5) is 4.39 Å². The second-order valence-corrected chi connectivity index (χ2v) is 7.76. The van der Waals surface area contributed by atoms with Gasteiger partial charge in [0.15, 0.2) is 5.69 Å². The van der Waals surface area contributed by atoms with E-state index in [2.05, 4.69) is 10.4 Å². The summed E-state index contributed by atoms with van der Waals surface area (Å²) in [5.41, 5.74) is 1.07. The van der Waals surface area contributed by atoms with Crippen molar-refractivity contribution in [3.63, 3.8) is 0 Å². The fourth-order valence-corrected chi connectivity index (χ4v) is 3.03. The van der Waals surface area contributed by atoms with Crippen molar-refractivity contribution in [3.8, 4) is 0 Å². The Morgan fingerprint density at radius 3 is 2.39 bits per heavy atom. The normalized spacial score (nSPS) is 12.7. The maximum atomic E-state index is 13.1. The van der Waals surface area contributed by atoms with Gasteiger partial charge < -0.3 is 10.4 Å². The first-order chi connectivity index (χ1) is 13.2. The van der Waals surface area contributed by atoms with Gasteiger partial charge in [-0.3, -0.25) is 9.48 Å². The number of hydrogen-bond donors (Lipinski definition) is 2. The van der Waals surface area contributed by atoms with Gasteiger partial charge in [-0.2, -0.15) is 5.10 Å². The van der Waals surface area contributed by atoms with E-state index in [0.717, 1.165) is 11.1 Å². The maximum absolute atomic E-state index is 13.1. The highest BCUT2D eigenvalue weighted by molar-refractivity contribution is 6.06. The summed E-state index contributed by atoms with van der Waals surface area (Å²) in [6.45, 7) is 5.60. The third kappa shape index (κ3) is 4.03. The highest BCUT2D eigenvalue weighted by atomic mass is 19.1. The monoisotopic (exact) mass is 383 g/mol. The van der Waals surface area contributed by atoms with Gasteiger partial charge in [-0.25, -0.2) is 9.18 Å². The summed E-state index contributed by atoms with van der Waals surface area (Å²) in [4.78, 5) is 24.4. The topological polar surface area (TPSA) is 84.2 Å². The lowest BCUT2D eigenvalue weighted by atomic mass is 9.86. The van der Waals surface area contributed by atoms with Crippen LogP contribution in [0.5, 0.6) is 0 Å². The van der Waals surface area contributed by atoms with Crippen molar-refractivity contribution in [1.82, 2.24) is 15.1 Å². The van der Waals surface area contributed by atoms with Gasteiger partial charge in [0, 0.05) is 5.39 Å². The third-order valence-electron chi connectivity index (χ3n) is 4.51. The molecule has 0 bridgehead atoms. The first-order valence-electron chi connectivity index (χ1n) is 8.90. The number of fused-ring (bicyclic) bond motifs is 1. The summed E-state index contributed by atoms with van der Waals surface area (Å²) in [5, 5.41) is 17.1. The quantitative estimate of drug-likeness (QED) is 0.707. The first kappa shape index (κ1) is 19.5. The molecule has 0 spiro atoms. The SMILES string of the molecule is CC(C)(C)C(NC(=O)c1nn(Cc2ccc(F)cc2)c2ccccc12)C(=O)O. The fraction of sp³-hybridized carbons (Fsp3) is 0.286. The number of rotatable bonds is 5. The van der Waals surface area contributed by atoms with Crippen molar-refractivity contribution in [3.05, 3.63) is 65.6 Å². The zero-order valence-electron chi connectivity index (χ0n) is 15.9. The molecule has 1 aromatic heterocycles. The molecule has 1 heterocycles. The number of carboxylic acids is 1. The average molecular weight is 383 g/mol. The molecule has 2 aromatic carbocycles. The van der Waals surface area contributed by atoms with E-state index in [-0.39, 0.29) is 11.5 Å². The molecule has 146 valence electrons. The van der Waals surface area contributed by atoms with Crippen molar-refractivity contribution in [2.24, 2.45) is 5.41 Å². The molecule has 2 N–H and O–H groups in total. The minimum Gasteiger partial charge on any atom is -0.480 e. The van der Waals surface area contributed by atoms with E-state index in [0.29, 0.717) is 11.9 Å². The van der Waals surface area contributed by atoms with Crippen LogP contribution in [-0.2, 0) is 11.3 Å². The Hall–Kier alpha value is -3.22. The highest BCUT2D eigenvalue weighted by Gasteiger charge is 2.33. The Kier molecular flexibility index (Phi) is 5.18. The Bertz CT molecular complexity index is 1020. The van der Waals surface area contributed by atoms with Gasteiger partial charge in [-0.15, -0.1) is 0 Å². The maximum Gasteiger partial charge on any atom is 0.326 e. The molecule has 0 aliphatic rings. The number of nitrogens with zero attached hydrogens (tertiary/aromatic N) is 2. The molecule has 3 rings (SSSR count). The van der Waals surface area contributed by atoms with Crippen molar-refractivity contribution < 1.29 is 19.1 Å². The summed E-state index contributed by atoms with van der Waals surface area (Å²) >= 11 is 0. The van der Waals surface area contributed by atoms with E-state index in [1.165, 1.54) is 12.1 Å². The van der Waals surface area contributed by atoms with Crippen LogP contribution in [0.1, 0.15) is 36.8 Å². The Morgan fingerprint density at radius 2 is 1.79 bits per heavy atom. The smallest absolute Gasteiger partial charge is 0.326 e. The number of nitrogens with one attached hydrogen (secondary N) is 1. The van der Waals surface area contributed by atoms with E-state index < -0.39 is 23.3 Å². The van der Waals surface area contributed by atoms with Crippen LogP contribution in [0.15, 0.2) is 48.5 Å². The van der Waals surface area contributed by atoms with Gasteiger partial charge in [0.2, 0.25) is 0 Å². The molecule has 0 fully saturated rings. The van der Waals surface area contributed by atoms with Crippen molar-refractivity contribution in [1.29, 1.82) is 0 Å². The fourth-order valence-electron chi connectivity index (χ4n) is 3.03. The second-order valence-electron chi connectivity index (χ2n) is 7.76. The largest absolute Gasteiger partial charge is 0.480 e. The van der Waals surface area contributed by atoms with Gasteiger partial charge in [0.1, 0.15) is 11.9 Å². The van der Waals surface area contributed by atoms with Crippen LogP contribution < -0.4 is 5.32 Å². The number of carboxylic acid groups (broad SMARTS) is 1. The van der Waals surface area contributed by atoms with Crippen LogP contribution in [0.3, 0.4) is 0 Å². The number of halogens is 1. The lowest BCUT2D eigenvalue weighted by Crippen LogP contribution is -2.49. The summed E-state index contributed by atoms with van der Waals surface area (Å²) < 4.78 is 14.8. The van der Waals surface area contributed by atoms with Crippen molar-refractivity contribution in [2.75, 3.05) is 0 Å². The Morgan fingerprint density at radius 1 is 1.14 bits per heavy atom. The Balaban J connectivity index is 1.96. The standard InChI is InChI=1S/C21H22FN3O3/c1-21(2,3)18(20(27)28)23-19(26)17-15-6-4-5-7-16(15)25(24-17)12-13-8-10-14(22)11-9-13/h4-11,18H,12H2,1-3H3,(H,23,26)(H,27,28). The van der Waals surface area contributed by atoms with E-state index in [4.69, 9.17) is 0 Å². The van der Waals surface area contributed by atoms with E-state index in [9.17, 15) is 19.1 Å². The van der Waals surface area contributed by atoms with E-state index in [1.807, 2.05) is 12.1 Å². The molecule has 0 aliphatic heterocycles. The molecule has 0 radical (unpaired) electrons. The molecule has 6 nitrogen and oxygen atoms in total. The molecular formula is C21H22FN3O3. The van der Waals surface area contributed by atoms with Crippen LogP contribution in [0, 0.1) is 11.2 Å². The summed E-state index contributed by atoms with van der Waals surface area (Å²) in [7, 11) is 0. The van der Waals surface area contributed by atoms with E-state index >= 15 is 0 Å². The van der Waals surface area contributed by atoms with Gasteiger partial charge in [-0.05, 0) is 29.2 Å². The summed E-state index contributed by atoms with van der Waals surface area (Å²) in [5.74, 6) is -1.97. The zero-order valence-corrected chi connectivity index (χ0v) is 15.9. The zero-order chi connectivity index (χ0) is 20.5. The van der Waals surface area contributed by atoms with Crippen LogP contribution in [0.25, 0.3) is 10.9 Å². The Labute approximate surface area is 162 Å². The lowest BCUT2D eigenvalue weighted by molar-refractivity contribution is -0.142. The molecule has 0 aliphatic carbocycles. The molecule has 0 saturated carbocycles. The molecular weight excluding hydrogens is 361 g/mol. The number of amides is 1. The number of aliphatic carboxylic acids is 1. The first-order valence-corrected chi connectivity index (χ1v) is 8.90. The number of aromatic nitrogens is 2. The molecule has 28 heavy (non-hydrogen) atoms. The minimum atomic E-state index is -1.10. The van der Waals surface area contributed by atoms with Crippen molar-refractivity contribution >= 4 is 22.8 Å². The number of carbonyl (C=O) groups excluding carboxylic acids is 1. The number of hydrogen-bond acceptors (Lipinski definition) is 3. The average Bonchev–Trinajstić information content (AvgIpc) is 2.99. The molecule has 1 unspecified atom stereocenters. The second kappa shape index (κ2) is 7.42. The lowest BCUT2D eigenvalue weighted by Gasteiger charge is -2.27. The van der Waals surface area contributed by atoms with Crippen LogP contribution in [-0.4, -0.2) is 32.8 Å². The van der Waals surface area contributed by atoms with Crippen molar-refractivity contribution in [2.45, 2.75) is 33.4 Å². The molecule has 7 heteroatoms. The molecule has 1 amide bonds. The van der Waals surface area contributed by atoms with Gasteiger partial charge in [0.25, 0.3) is 5.91 Å². The summed E-state index contributed by atoms with van der Waals surface area (Å²) in [6.07, 6.45) is 0. The van der Waals surface area contributed by atoms with Crippen LogP contribution >= 0.6 is 0 Å². The third-order valence-corrected chi connectivity index (χ3v) is 4.51. The summed E-state index contributed by atoms with van der Waals surface area (Å²) in [6, 6.07) is 12.2. The molecule has 0 saturated heterocycles. The number of benzene rings is 2. The highest BCUT2D eigenvalue weighted by Crippen LogP contribution is 2.23. The van der Waals surface area contributed by atoms with Gasteiger partial charge in [-0.1, -0.05) is 51.1 Å². The molecule has 1 atom stereocenters. The number of para-hydroxylation sites is 1. The van der Waals surface area contributed by atoms with E-state index in [1.54, 1.807) is 49.7 Å². The van der Waals surface area contributed by atoms with Gasteiger partial charge in [0.05, 0.1) is 12.1 Å². The predicted octanol–water partition coefficient (Wildman–Crippen LogP) is 3.45. The van der Waals surface area contributed by atoms with Gasteiger partial charge >= 0.3 is 5.97 Å².